The fraction of sp³-hybridized carbons (Fsp3) is 0.0690. The standard InChI is InChI=1S/C29H23N3O2S/c1-20-16-17-21(2)25(18-20)31-27(33)24(19-30)29-32(23-13-7-4-8-14-23)28(34)26(35-29)15-9-12-22-10-5-3-6-11-22/h3-18H,1-2H3,(H,31,33)/b12-9+,26-15+,29-24+. The zero-order valence-corrected chi connectivity index (χ0v) is 20.2. The lowest BCUT2D eigenvalue weighted by molar-refractivity contribution is -0.111. The summed E-state index contributed by atoms with van der Waals surface area (Å²) in [4.78, 5) is 26.6. The Morgan fingerprint density at radius 2 is 1.69 bits per heavy atom. The number of para-hydroxylation sites is 1. The summed E-state index contributed by atoms with van der Waals surface area (Å²) in [5.74, 6) is -0.557. The van der Waals surface area contributed by atoms with Gasteiger partial charge in [-0.1, -0.05) is 72.8 Å². The van der Waals surface area contributed by atoms with Gasteiger partial charge in [-0.15, -0.1) is 11.3 Å². The quantitative estimate of drug-likeness (QED) is 0.465. The summed E-state index contributed by atoms with van der Waals surface area (Å²) in [7, 11) is 0. The molecule has 1 heterocycles. The second kappa shape index (κ2) is 10.6. The zero-order chi connectivity index (χ0) is 24.8. The minimum absolute atomic E-state index is 0.122. The molecule has 0 radical (unpaired) electrons. The van der Waals surface area contributed by atoms with Crippen molar-refractivity contribution in [1.29, 1.82) is 5.26 Å². The second-order valence-electron chi connectivity index (χ2n) is 7.94. The highest BCUT2D eigenvalue weighted by atomic mass is 32.1. The van der Waals surface area contributed by atoms with Crippen molar-refractivity contribution in [1.82, 2.24) is 4.57 Å². The maximum absolute atomic E-state index is 13.4. The Bertz CT molecular complexity index is 1620. The molecule has 1 N–H and O–H groups in total. The first-order chi connectivity index (χ1) is 17.0. The van der Waals surface area contributed by atoms with Crippen LogP contribution in [0.15, 0.2) is 89.7 Å². The van der Waals surface area contributed by atoms with Crippen molar-refractivity contribution in [3.63, 3.8) is 0 Å². The van der Waals surface area contributed by atoms with Gasteiger partial charge in [-0.3, -0.25) is 14.2 Å². The van der Waals surface area contributed by atoms with Crippen molar-refractivity contribution in [3.8, 4) is 11.8 Å². The normalized spacial score (nSPS) is 12.4. The molecule has 0 unspecified atom stereocenters. The van der Waals surface area contributed by atoms with Gasteiger partial charge < -0.3 is 5.32 Å². The molecule has 35 heavy (non-hydrogen) atoms. The van der Waals surface area contributed by atoms with Crippen molar-refractivity contribution in [3.05, 3.63) is 121 Å². The lowest BCUT2D eigenvalue weighted by Gasteiger charge is -2.09. The summed E-state index contributed by atoms with van der Waals surface area (Å²) in [5.41, 5.74) is 3.68. The van der Waals surface area contributed by atoms with Crippen molar-refractivity contribution in [2.75, 3.05) is 5.32 Å². The van der Waals surface area contributed by atoms with E-state index in [0.717, 1.165) is 28.0 Å². The van der Waals surface area contributed by atoms with Crippen LogP contribution in [0, 0.1) is 25.2 Å². The van der Waals surface area contributed by atoms with Gasteiger partial charge in [0.2, 0.25) is 0 Å². The smallest absolute Gasteiger partial charge is 0.273 e. The Morgan fingerprint density at radius 3 is 2.37 bits per heavy atom. The molecular formula is C29H23N3O2S. The van der Waals surface area contributed by atoms with Gasteiger partial charge in [0.15, 0.2) is 5.57 Å². The number of amides is 1. The Balaban J connectivity index is 1.88. The molecule has 1 aromatic heterocycles. The summed E-state index contributed by atoms with van der Waals surface area (Å²) < 4.78 is 2.13. The number of nitriles is 1. The number of hydrogen-bond acceptors (Lipinski definition) is 4. The van der Waals surface area contributed by atoms with Crippen LogP contribution in [-0.2, 0) is 4.79 Å². The van der Waals surface area contributed by atoms with Crippen molar-refractivity contribution >= 4 is 40.7 Å². The van der Waals surface area contributed by atoms with Gasteiger partial charge in [-0.2, -0.15) is 5.26 Å². The van der Waals surface area contributed by atoms with Crippen molar-refractivity contribution in [2.45, 2.75) is 13.8 Å². The minimum Gasteiger partial charge on any atom is -0.321 e. The highest BCUT2D eigenvalue weighted by molar-refractivity contribution is 7.07. The van der Waals surface area contributed by atoms with Crippen LogP contribution in [0.1, 0.15) is 16.7 Å². The van der Waals surface area contributed by atoms with Crippen LogP contribution in [0.2, 0.25) is 0 Å². The number of carbonyl (C=O) groups is 1. The monoisotopic (exact) mass is 477 g/mol. The molecule has 6 heteroatoms. The first kappa shape index (κ1) is 23.7. The van der Waals surface area contributed by atoms with E-state index < -0.39 is 5.91 Å². The van der Waals surface area contributed by atoms with Crippen LogP contribution in [0.4, 0.5) is 5.69 Å². The first-order valence-corrected chi connectivity index (χ1v) is 11.8. The largest absolute Gasteiger partial charge is 0.321 e. The van der Waals surface area contributed by atoms with Crippen LogP contribution in [0.3, 0.4) is 0 Å². The maximum atomic E-state index is 13.4. The lowest BCUT2D eigenvalue weighted by Crippen LogP contribution is -2.32. The van der Waals surface area contributed by atoms with Crippen LogP contribution in [-0.4, -0.2) is 10.5 Å². The highest BCUT2D eigenvalue weighted by Crippen LogP contribution is 2.17. The van der Waals surface area contributed by atoms with E-state index in [4.69, 9.17) is 0 Å². The fourth-order valence-electron chi connectivity index (χ4n) is 3.54. The summed E-state index contributed by atoms with van der Waals surface area (Å²) in [6.07, 6.45) is 5.40. The van der Waals surface area contributed by atoms with E-state index in [1.54, 1.807) is 24.3 Å². The topological polar surface area (TPSA) is 74.9 Å². The van der Waals surface area contributed by atoms with Gasteiger partial charge in [-0.25, -0.2) is 0 Å². The molecule has 4 aromatic rings. The van der Waals surface area contributed by atoms with Gasteiger partial charge >= 0.3 is 0 Å². The molecule has 0 spiro atoms. The van der Waals surface area contributed by atoms with Gasteiger partial charge in [0, 0.05) is 5.69 Å². The number of aromatic nitrogens is 1. The van der Waals surface area contributed by atoms with E-state index >= 15 is 0 Å². The maximum Gasteiger partial charge on any atom is 0.273 e. The highest BCUT2D eigenvalue weighted by Gasteiger charge is 2.17. The van der Waals surface area contributed by atoms with E-state index in [9.17, 15) is 14.9 Å². The molecule has 0 bridgehead atoms. The van der Waals surface area contributed by atoms with Crippen LogP contribution in [0.5, 0.6) is 0 Å². The van der Waals surface area contributed by atoms with E-state index in [2.05, 4.69) is 5.32 Å². The number of hydrogen-bond donors (Lipinski definition) is 1. The molecule has 4 rings (SSSR count). The molecule has 0 saturated heterocycles. The van der Waals surface area contributed by atoms with Gasteiger partial charge in [0.1, 0.15) is 10.7 Å². The molecule has 5 nitrogen and oxygen atoms in total. The van der Waals surface area contributed by atoms with Crippen molar-refractivity contribution in [2.24, 2.45) is 0 Å². The molecule has 0 aliphatic heterocycles. The van der Waals surface area contributed by atoms with E-state index in [1.807, 2.05) is 92.7 Å². The molecular weight excluding hydrogens is 454 g/mol. The number of thiazole rings is 1. The summed E-state index contributed by atoms with van der Waals surface area (Å²) >= 11 is 1.12. The number of aryl methyl sites for hydroxylation is 2. The van der Waals surface area contributed by atoms with Gasteiger partial charge in [-0.05, 0) is 54.8 Å². The van der Waals surface area contributed by atoms with Crippen LogP contribution in [0.25, 0.3) is 23.4 Å². The number of nitrogens with zero attached hydrogens (tertiary/aromatic N) is 2. The predicted molar refractivity (Wildman–Crippen MR) is 143 cm³/mol. The molecule has 3 aromatic carbocycles. The third-order valence-corrected chi connectivity index (χ3v) is 6.48. The van der Waals surface area contributed by atoms with Crippen LogP contribution >= 0.6 is 11.3 Å². The van der Waals surface area contributed by atoms with E-state index in [1.165, 1.54) is 4.57 Å². The number of rotatable bonds is 5. The molecule has 0 aliphatic carbocycles. The molecule has 172 valence electrons. The van der Waals surface area contributed by atoms with E-state index in [-0.39, 0.29) is 15.8 Å². The summed E-state index contributed by atoms with van der Waals surface area (Å²) in [5, 5.41) is 12.8. The number of benzene rings is 3. The number of carbonyl (C=O) groups excluding carboxylic acids is 1. The summed E-state index contributed by atoms with van der Waals surface area (Å²) in [6, 6.07) is 26.5. The molecule has 1 amide bonds. The van der Waals surface area contributed by atoms with Gasteiger partial charge in [0.05, 0.1) is 10.2 Å². The fourth-order valence-corrected chi connectivity index (χ4v) is 4.59. The number of anilines is 1. The Labute approximate surface area is 207 Å². The number of allylic oxidation sites excluding steroid dienone is 1. The minimum atomic E-state index is -0.557. The first-order valence-electron chi connectivity index (χ1n) is 11.0. The predicted octanol–water partition coefficient (Wildman–Crippen LogP) is 4.32. The molecule has 0 atom stereocenters. The molecule has 0 aliphatic rings. The lowest BCUT2D eigenvalue weighted by atomic mass is 10.1. The SMILES string of the molecule is Cc1ccc(C)c(NC(=O)/C(C#N)=c2/s/c(=C/C=C/c3ccccc3)c(=O)n2-c2ccccc2)c1. The Kier molecular flexibility index (Phi) is 7.20. The average Bonchev–Trinajstić information content (AvgIpc) is 3.18. The molecule has 0 fully saturated rings. The third kappa shape index (κ3) is 5.37. The zero-order valence-electron chi connectivity index (χ0n) is 19.4. The average molecular weight is 478 g/mol. The van der Waals surface area contributed by atoms with Crippen LogP contribution < -0.4 is 20.1 Å². The van der Waals surface area contributed by atoms with E-state index in [0.29, 0.717) is 15.9 Å². The number of nitrogens with one attached hydrogen (secondary N) is 1. The Morgan fingerprint density at radius 1 is 1.00 bits per heavy atom. The van der Waals surface area contributed by atoms with Crippen molar-refractivity contribution < 1.29 is 4.79 Å². The van der Waals surface area contributed by atoms with Gasteiger partial charge in [0.25, 0.3) is 11.5 Å². The second-order valence-corrected chi connectivity index (χ2v) is 8.97. The Hall–Kier alpha value is -4.47. The summed E-state index contributed by atoms with van der Waals surface area (Å²) in [6.45, 7) is 3.82. The molecule has 0 saturated carbocycles. The third-order valence-electron chi connectivity index (χ3n) is 5.37.